The normalized spacial score (nSPS) is 10.6. The highest BCUT2D eigenvalue weighted by Crippen LogP contribution is 2.22. The molecule has 25 heavy (non-hydrogen) atoms. The summed E-state index contributed by atoms with van der Waals surface area (Å²) >= 11 is 0. The fourth-order valence-corrected chi connectivity index (χ4v) is 2.23. The molecular weight excluding hydrogens is 323 g/mol. The van der Waals surface area contributed by atoms with E-state index in [4.69, 9.17) is 4.74 Å². The van der Waals surface area contributed by atoms with Crippen LogP contribution in [0.4, 0.5) is 15.8 Å². The summed E-state index contributed by atoms with van der Waals surface area (Å²) in [5.74, 6) is -0.741. The van der Waals surface area contributed by atoms with Gasteiger partial charge in [0.2, 0.25) is 11.8 Å². The highest BCUT2D eigenvalue weighted by atomic mass is 19.1. The van der Waals surface area contributed by atoms with Crippen LogP contribution in [0.3, 0.4) is 0 Å². The molecule has 0 atom stereocenters. The Morgan fingerprint density at radius 3 is 2.56 bits per heavy atom. The zero-order chi connectivity index (χ0) is 18.4. The van der Waals surface area contributed by atoms with Crippen molar-refractivity contribution in [2.24, 2.45) is 0 Å². The molecule has 0 heterocycles. The van der Waals surface area contributed by atoms with E-state index in [0.29, 0.717) is 11.4 Å². The number of rotatable bonds is 5. The first-order valence-corrected chi connectivity index (χ1v) is 7.60. The number of hydrogen-bond donors (Lipinski definition) is 2. The number of halogens is 1. The van der Waals surface area contributed by atoms with E-state index in [1.54, 1.807) is 13.2 Å². The monoisotopic (exact) mass is 342 g/mol. The smallest absolute Gasteiger partial charge is 0.248 e. The number of amides is 2. The Kier molecular flexibility index (Phi) is 5.89. The van der Waals surface area contributed by atoms with Gasteiger partial charge in [0.25, 0.3) is 0 Å². The largest absolute Gasteiger partial charge is 0.496 e. The number of ether oxygens (including phenoxy) is 1. The van der Waals surface area contributed by atoms with Gasteiger partial charge < -0.3 is 15.4 Å². The molecule has 0 aliphatic heterocycles. The molecule has 2 rings (SSSR count). The van der Waals surface area contributed by atoms with Crippen LogP contribution in [0.5, 0.6) is 5.75 Å². The van der Waals surface area contributed by atoms with Gasteiger partial charge in [-0.05, 0) is 43.3 Å². The lowest BCUT2D eigenvalue weighted by Gasteiger charge is -2.08. The molecule has 0 aromatic heterocycles. The molecule has 2 aromatic carbocycles. The third kappa shape index (κ3) is 5.17. The third-order valence-corrected chi connectivity index (χ3v) is 3.34. The minimum atomic E-state index is -0.594. The maximum absolute atomic E-state index is 13.8. The van der Waals surface area contributed by atoms with Gasteiger partial charge in [0.05, 0.1) is 12.8 Å². The molecule has 0 fully saturated rings. The third-order valence-electron chi connectivity index (χ3n) is 3.34. The molecule has 0 aliphatic carbocycles. The summed E-state index contributed by atoms with van der Waals surface area (Å²) in [4.78, 5) is 23.1. The second-order valence-electron chi connectivity index (χ2n) is 5.44. The molecule has 5 nitrogen and oxygen atoms in total. The van der Waals surface area contributed by atoms with Gasteiger partial charge in [0.15, 0.2) is 0 Å². The molecule has 0 aliphatic rings. The molecule has 0 spiro atoms. The van der Waals surface area contributed by atoms with E-state index in [-0.39, 0.29) is 11.6 Å². The number of benzene rings is 2. The van der Waals surface area contributed by atoms with E-state index < -0.39 is 11.7 Å². The lowest BCUT2D eigenvalue weighted by atomic mass is 10.1. The minimum absolute atomic E-state index is 0.0166. The van der Waals surface area contributed by atoms with Gasteiger partial charge in [-0.25, -0.2) is 4.39 Å². The van der Waals surface area contributed by atoms with E-state index in [1.807, 2.05) is 25.1 Å². The van der Waals surface area contributed by atoms with Crippen molar-refractivity contribution < 1.29 is 18.7 Å². The standard InChI is InChI=1S/C19H19FN2O3/c1-12-4-8-18(25-3)14(10-12)5-9-19(24)22-17-11-15(21-13(2)23)6-7-16(17)20/h4-11H,1-3H3,(H,21,23)(H,22,24)/b9-5+. The van der Waals surface area contributed by atoms with Crippen LogP contribution in [-0.2, 0) is 9.59 Å². The average Bonchev–Trinajstić information content (AvgIpc) is 2.55. The highest BCUT2D eigenvalue weighted by molar-refractivity contribution is 6.02. The molecule has 0 radical (unpaired) electrons. The Hall–Kier alpha value is -3.15. The van der Waals surface area contributed by atoms with E-state index in [0.717, 1.165) is 11.1 Å². The van der Waals surface area contributed by atoms with Gasteiger partial charge in [0.1, 0.15) is 11.6 Å². The lowest BCUT2D eigenvalue weighted by Crippen LogP contribution is -2.11. The van der Waals surface area contributed by atoms with Crippen molar-refractivity contribution in [3.8, 4) is 5.75 Å². The van der Waals surface area contributed by atoms with Crippen LogP contribution in [0.15, 0.2) is 42.5 Å². The van der Waals surface area contributed by atoms with Crippen molar-refractivity contribution >= 4 is 29.3 Å². The number of hydrogen-bond acceptors (Lipinski definition) is 3. The number of methoxy groups -OCH3 is 1. The molecule has 2 aromatic rings. The fourth-order valence-electron chi connectivity index (χ4n) is 2.23. The van der Waals surface area contributed by atoms with Crippen molar-refractivity contribution in [1.82, 2.24) is 0 Å². The quantitative estimate of drug-likeness (QED) is 0.813. The van der Waals surface area contributed by atoms with Crippen LogP contribution in [0, 0.1) is 12.7 Å². The zero-order valence-electron chi connectivity index (χ0n) is 14.2. The molecule has 0 saturated heterocycles. The van der Waals surface area contributed by atoms with Crippen molar-refractivity contribution in [1.29, 1.82) is 0 Å². The number of nitrogens with one attached hydrogen (secondary N) is 2. The summed E-state index contributed by atoms with van der Waals surface area (Å²) in [7, 11) is 1.55. The van der Waals surface area contributed by atoms with Crippen molar-refractivity contribution in [3.05, 3.63) is 59.4 Å². The zero-order valence-corrected chi connectivity index (χ0v) is 14.2. The van der Waals surface area contributed by atoms with Crippen LogP contribution in [-0.4, -0.2) is 18.9 Å². The summed E-state index contributed by atoms with van der Waals surface area (Å²) in [6.07, 6.45) is 2.89. The molecular formula is C19H19FN2O3. The highest BCUT2D eigenvalue weighted by Gasteiger charge is 2.07. The summed E-state index contributed by atoms with van der Waals surface area (Å²) in [6.45, 7) is 3.28. The average molecular weight is 342 g/mol. The van der Waals surface area contributed by atoms with Gasteiger partial charge in [-0.1, -0.05) is 11.6 Å². The lowest BCUT2D eigenvalue weighted by molar-refractivity contribution is -0.114. The molecule has 6 heteroatoms. The first kappa shape index (κ1) is 18.2. The predicted molar refractivity (Wildman–Crippen MR) is 96.1 cm³/mol. The predicted octanol–water partition coefficient (Wildman–Crippen LogP) is 3.75. The Bertz CT molecular complexity index is 831. The summed E-state index contributed by atoms with van der Waals surface area (Å²) in [5, 5.41) is 4.99. The second kappa shape index (κ2) is 8.10. The number of carbonyl (C=O) groups excluding carboxylic acids is 2. The van der Waals surface area contributed by atoms with Gasteiger partial charge in [-0.2, -0.15) is 0 Å². The Balaban J connectivity index is 2.15. The van der Waals surface area contributed by atoms with Gasteiger partial charge in [-0.15, -0.1) is 0 Å². The minimum Gasteiger partial charge on any atom is -0.496 e. The Morgan fingerprint density at radius 1 is 1.12 bits per heavy atom. The second-order valence-corrected chi connectivity index (χ2v) is 5.44. The maximum atomic E-state index is 13.8. The van der Waals surface area contributed by atoms with Crippen LogP contribution in [0.25, 0.3) is 6.08 Å². The summed E-state index contributed by atoms with van der Waals surface area (Å²) < 4.78 is 19.1. The van der Waals surface area contributed by atoms with Crippen LogP contribution in [0.2, 0.25) is 0 Å². The number of carbonyl (C=O) groups is 2. The molecule has 0 unspecified atom stereocenters. The maximum Gasteiger partial charge on any atom is 0.248 e. The van der Waals surface area contributed by atoms with E-state index in [1.165, 1.54) is 31.2 Å². The molecule has 2 N–H and O–H groups in total. The van der Waals surface area contributed by atoms with Crippen LogP contribution < -0.4 is 15.4 Å². The van der Waals surface area contributed by atoms with Crippen molar-refractivity contribution in [2.45, 2.75) is 13.8 Å². The SMILES string of the molecule is COc1ccc(C)cc1/C=C/C(=O)Nc1cc(NC(C)=O)ccc1F. The molecule has 0 bridgehead atoms. The van der Waals surface area contributed by atoms with Gasteiger partial charge >= 0.3 is 0 Å². The Morgan fingerprint density at radius 2 is 1.88 bits per heavy atom. The van der Waals surface area contributed by atoms with Gasteiger partial charge in [-0.3, -0.25) is 9.59 Å². The summed E-state index contributed by atoms with van der Waals surface area (Å²) in [6, 6.07) is 9.53. The van der Waals surface area contributed by atoms with E-state index in [2.05, 4.69) is 10.6 Å². The fraction of sp³-hybridized carbons (Fsp3) is 0.158. The van der Waals surface area contributed by atoms with Crippen LogP contribution in [0.1, 0.15) is 18.1 Å². The topological polar surface area (TPSA) is 67.4 Å². The van der Waals surface area contributed by atoms with E-state index in [9.17, 15) is 14.0 Å². The molecule has 2 amide bonds. The van der Waals surface area contributed by atoms with Gasteiger partial charge in [0, 0.05) is 24.3 Å². The van der Waals surface area contributed by atoms with E-state index >= 15 is 0 Å². The Labute approximate surface area is 145 Å². The first-order chi connectivity index (χ1) is 11.9. The van der Waals surface area contributed by atoms with Crippen molar-refractivity contribution in [3.63, 3.8) is 0 Å². The summed E-state index contributed by atoms with van der Waals surface area (Å²) in [5.41, 5.74) is 2.14. The molecule has 0 saturated carbocycles. The first-order valence-electron chi connectivity index (χ1n) is 7.60. The van der Waals surface area contributed by atoms with Crippen molar-refractivity contribution in [2.75, 3.05) is 17.7 Å². The number of aryl methyl sites for hydroxylation is 1. The molecule has 130 valence electrons. The number of anilines is 2. The van der Waals surface area contributed by atoms with Crippen LogP contribution >= 0.6 is 0 Å².